The van der Waals surface area contributed by atoms with Crippen LogP contribution in [0.1, 0.15) is 38.5 Å². The van der Waals surface area contributed by atoms with Crippen LogP contribution in [0.3, 0.4) is 0 Å². The van der Waals surface area contributed by atoms with E-state index in [1.54, 1.807) is 0 Å². The second-order valence-electron chi connectivity index (χ2n) is 5.28. The molecule has 0 radical (unpaired) electrons. The first-order chi connectivity index (χ1) is 8.27. The number of carboxylic acids is 1. The van der Waals surface area contributed by atoms with Crippen molar-refractivity contribution < 1.29 is 14.6 Å². The smallest absolute Gasteiger partial charge is 0.306 e. The Morgan fingerprint density at radius 3 is 2.71 bits per heavy atom. The highest BCUT2D eigenvalue weighted by Gasteiger charge is 2.32. The summed E-state index contributed by atoms with van der Waals surface area (Å²) in [6, 6.07) is 0. The summed E-state index contributed by atoms with van der Waals surface area (Å²) >= 11 is 0. The summed E-state index contributed by atoms with van der Waals surface area (Å²) in [6.45, 7) is 2.40. The highest BCUT2D eigenvalue weighted by atomic mass is 16.5. The molecule has 0 aromatic heterocycles. The minimum atomic E-state index is -0.633. The maximum Gasteiger partial charge on any atom is 0.306 e. The molecule has 4 heteroatoms. The second-order valence-corrected chi connectivity index (χ2v) is 5.28. The van der Waals surface area contributed by atoms with E-state index in [-0.39, 0.29) is 12.0 Å². The molecule has 1 heterocycles. The van der Waals surface area contributed by atoms with Crippen molar-refractivity contribution in [3.63, 3.8) is 0 Å². The van der Waals surface area contributed by atoms with Crippen LogP contribution in [0.4, 0.5) is 0 Å². The summed E-state index contributed by atoms with van der Waals surface area (Å²) in [4.78, 5) is 11.4. The van der Waals surface area contributed by atoms with E-state index in [2.05, 4.69) is 5.32 Å². The van der Waals surface area contributed by atoms with Crippen molar-refractivity contribution in [2.45, 2.75) is 44.6 Å². The molecule has 2 fully saturated rings. The van der Waals surface area contributed by atoms with Gasteiger partial charge in [-0.3, -0.25) is 4.79 Å². The van der Waals surface area contributed by atoms with E-state index in [1.807, 2.05) is 0 Å². The average molecular weight is 241 g/mol. The highest BCUT2D eigenvalue weighted by molar-refractivity contribution is 5.70. The topological polar surface area (TPSA) is 58.6 Å². The third-order valence-electron chi connectivity index (χ3n) is 4.06. The minimum Gasteiger partial charge on any atom is -0.481 e. The molecule has 1 saturated heterocycles. The molecule has 0 spiro atoms. The molecule has 17 heavy (non-hydrogen) atoms. The number of nitrogens with one attached hydrogen (secondary N) is 1. The summed E-state index contributed by atoms with van der Waals surface area (Å²) in [5, 5.41) is 12.6. The Balaban J connectivity index is 1.88. The molecular weight excluding hydrogens is 218 g/mol. The lowest BCUT2D eigenvalue weighted by atomic mass is 9.77. The van der Waals surface area contributed by atoms with Crippen LogP contribution in [0.5, 0.6) is 0 Å². The third kappa shape index (κ3) is 3.68. The predicted molar refractivity (Wildman–Crippen MR) is 64.9 cm³/mol. The number of carboxylic acid groups (broad SMARTS) is 1. The Morgan fingerprint density at radius 1 is 1.35 bits per heavy atom. The zero-order valence-corrected chi connectivity index (χ0v) is 10.4. The normalized spacial score (nSPS) is 28.8. The first kappa shape index (κ1) is 12.8. The lowest BCUT2D eigenvalue weighted by molar-refractivity contribution is -0.146. The fourth-order valence-electron chi connectivity index (χ4n) is 3.09. The van der Waals surface area contributed by atoms with Crippen molar-refractivity contribution in [3.05, 3.63) is 0 Å². The summed E-state index contributed by atoms with van der Waals surface area (Å²) in [5.74, 6) is -0.474. The number of aliphatic carboxylic acids is 1. The number of ether oxygens (including phenoxy) is 1. The van der Waals surface area contributed by atoms with Crippen molar-refractivity contribution >= 4 is 5.97 Å². The summed E-state index contributed by atoms with van der Waals surface area (Å²) < 4.78 is 5.62. The average Bonchev–Trinajstić information content (AvgIpc) is 2.38. The first-order valence-electron chi connectivity index (χ1n) is 6.82. The van der Waals surface area contributed by atoms with E-state index < -0.39 is 5.97 Å². The van der Waals surface area contributed by atoms with Gasteiger partial charge in [-0.2, -0.15) is 0 Å². The molecular formula is C13H23NO3. The van der Waals surface area contributed by atoms with Gasteiger partial charge in [0.1, 0.15) is 0 Å². The number of hydrogen-bond donors (Lipinski definition) is 2. The van der Waals surface area contributed by atoms with Crippen molar-refractivity contribution in [3.8, 4) is 0 Å². The lowest BCUT2D eigenvalue weighted by Gasteiger charge is -2.31. The summed E-state index contributed by atoms with van der Waals surface area (Å²) in [6.07, 6.45) is 6.58. The van der Waals surface area contributed by atoms with Gasteiger partial charge in [-0.05, 0) is 25.2 Å². The van der Waals surface area contributed by atoms with Crippen LogP contribution >= 0.6 is 0 Å². The van der Waals surface area contributed by atoms with E-state index in [9.17, 15) is 9.90 Å². The number of hydrogen-bond acceptors (Lipinski definition) is 3. The van der Waals surface area contributed by atoms with Gasteiger partial charge in [0.2, 0.25) is 0 Å². The van der Waals surface area contributed by atoms with Gasteiger partial charge in [0.15, 0.2) is 0 Å². The molecule has 1 aliphatic carbocycles. The minimum absolute atomic E-state index is 0.0896. The molecule has 2 N–H and O–H groups in total. The SMILES string of the molecule is O=C(O)C(CC1CNCCO1)C1CCCCC1. The summed E-state index contributed by atoms with van der Waals surface area (Å²) in [5.41, 5.74) is 0. The second kappa shape index (κ2) is 6.36. The van der Waals surface area contributed by atoms with Crippen LogP contribution in [0.2, 0.25) is 0 Å². The molecule has 2 rings (SSSR count). The van der Waals surface area contributed by atoms with E-state index >= 15 is 0 Å². The van der Waals surface area contributed by atoms with E-state index in [0.717, 1.165) is 25.9 Å². The van der Waals surface area contributed by atoms with Crippen LogP contribution < -0.4 is 5.32 Å². The summed E-state index contributed by atoms with van der Waals surface area (Å²) in [7, 11) is 0. The Labute approximate surface area is 103 Å². The van der Waals surface area contributed by atoms with Crippen LogP contribution in [-0.4, -0.2) is 36.9 Å². The lowest BCUT2D eigenvalue weighted by Crippen LogP contribution is -2.41. The van der Waals surface area contributed by atoms with Gasteiger partial charge in [0, 0.05) is 13.1 Å². The number of morpholine rings is 1. The van der Waals surface area contributed by atoms with Crippen molar-refractivity contribution in [2.24, 2.45) is 11.8 Å². The van der Waals surface area contributed by atoms with Gasteiger partial charge in [-0.1, -0.05) is 19.3 Å². The van der Waals surface area contributed by atoms with Crippen LogP contribution in [0.25, 0.3) is 0 Å². The van der Waals surface area contributed by atoms with Crippen LogP contribution in [0.15, 0.2) is 0 Å². The molecule has 0 aromatic carbocycles. The molecule has 0 bridgehead atoms. The van der Waals surface area contributed by atoms with Gasteiger partial charge in [-0.25, -0.2) is 0 Å². The molecule has 4 nitrogen and oxygen atoms in total. The maximum absolute atomic E-state index is 11.4. The fraction of sp³-hybridized carbons (Fsp3) is 0.923. The van der Waals surface area contributed by atoms with E-state index in [1.165, 1.54) is 19.3 Å². The fourth-order valence-corrected chi connectivity index (χ4v) is 3.09. The quantitative estimate of drug-likeness (QED) is 0.785. The maximum atomic E-state index is 11.4. The highest BCUT2D eigenvalue weighted by Crippen LogP contribution is 2.33. The van der Waals surface area contributed by atoms with Crippen LogP contribution in [-0.2, 0) is 9.53 Å². The largest absolute Gasteiger partial charge is 0.481 e. The molecule has 1 saturated carbocycles. The Bertz CT molecular complexity index is 245. The third-order valence-corrected chi connectivity index (χ3v) is 4.06. The number of carbonyl (C=O) groups is 1. The Kier molecular flexibility index (Phi) is 4.80. The molecule has 0 amide bonds. The van der Waals surface area contributed by atoms with Gasteiger partial charge >= 0.3 is 5.97 Å². The van der Waals surface area contributed by atoms with Gasteiger partial charge < -0.3 is 15.2 Å². The van der Waals surface area contributed by atoms with E-state index in [0.29, 0.717) is 18.9 Å². The Morgan fingerprint density at radius 2 is 2.12 bits per heavy atom. The van der Waals surface area contributed by atoms with Gasteiger partial charge in [0.25, 0.3) is 0 Å². The Hall–Kier alpha value is -0.610. The standard InChI is InChI=1S/C13H23NO3/c15-13(16)12(10-4-2-1-3-5-10)8-11-9-14-6-7-17-11/h10-12,14H,1-9H2,(H,15,16). The molecule has 2 atom stereocenters. The first-order valence-corrected chi connectivity index (χ1v) is 6.82. The zero-order chi connectivity index (χ0) is 12.1. The van der Waals surface area contributed by atoms with Crippen molar-refractivity contribution in [1.82, 2.24) is 5.32 Å². The van der Waals surface area contributed by atoms with Crippen molar-refractivity contribution in [1.29, 1.82) is 0 Å². The molecule has 0 aromatic rings. The predicted octanol–water partition coefficient (Wildman–Crippen LogP) is 1.65. The molecule has 98 valence electrons. The molecule has 1 aliphatic heterocycles. The number of rotatable bonds is 4. The molecule has 2 aliphatic rings. The van der Waals surface area contributed by atoms with E-state index in [4.69, 9.17) is 4.74 Å². The van der Waals surface area contributed by atoms with Crippen molar-refractivity contribution in [2.75, 3.05) is 19.7 Å². The van der Waals surface area contributed by atoms with Crippen LogP contribution in [0, 0.1) is 11.8 Å². The van der Waals surface area contributed by atoms with Gasteiger partial charge in [0.05, 0.1) is 18.6 Å². The molecule has 2 unspecified atom stereocenters. The monoisotopic (exact) mass is 241 g/mol. The zero-order valence-electron chi connectivity index (χ0n) is 10.4. The van der Waals surface area contributed by atoms with Gasteiger partial charge in [-0.15, -0.1) is 0 Å².